The highest BCUT2D eigenvalue weighted by Crippen LogP contribution is 2.34. The van der Waals surface area contributed by atoms with Crippen molar-refractivity contribution in [3.05, 3.63) is 116 Å². The lowest BCUT2D eigenvalue weighted by atomic mass is 10.1. The number of amides is 1. The Balaban J connectivity index is 1.53. The highest BCUT2D eigenvalue weighted by molar-refractivity contribution is 8.26. The third-order valence-electron chi connectivity index (χ3n) is 6.00. The third kappa shape index (κ3) is 4.82. The zero-order valence-electron chi connectivity index (χ0n) is 19.9. The molecule has 0 radical (unpaired) electrons. The number of hydrogen-bond donors (Lipinski definition) is 1. The molecule has 1 amide bonds. The van der Waals surface area contributed by atoms with Gasteiger partial charge in [0, 0.05) is 12.7 Å². The Morgan fingerprint density at radius 3 is 2.47 bits per heavy atom. The minimum Gasteiger partial charge on any atom is -0.365 e. The van der Waals surface area contributed by atoms with Gasteiger partial charge in [0.1, 0.15) is 15.8 Å². The van der Waals surface area contributed by atoms with Crippen LogP contribution in [0.3, 0.4) is 0 Å². The lowest BCUT2D eigenvalue weighted by molar-refractivity contribution is -0.122. The summed E-state index contributed by atoms with van der Waals surface area (Å²) in [5.41, 5.74) is 4.76. The van der Waals surface area contributed by atoms with Crippen LogP contribution in [0.15, 0.2) is 82.6 Å². The molecule has 0 atom stereocenters. The van der Waals surface area contributed by atoms with Gasteiger partial charge in [0.05, 0.1) is 17.0 Å². The van der Waals surface area contributed by atoms with Crippen LogP contribution in [0.2, 0.25) is 0 Å². The van der Waals surface area contributed by atoms with Crippen LogP contribution in [0.25, 0.3) is 11.7 Å². The molecular weight excluding hydrogens is 488 g/mol. The van der Waals surface area contributed by atoms with E-state index in [2.05, 4.69) is 5.32 Å². The van der Waals surface area contributed by atoms with Crippen LogP contribution in [-0.4, -0.2) is 24.5 Å². The number of anilines is 1. The number of pyridine rings is 1. The molecule has 0 unspecified atom stereocenters. The first-order valence-electron chi connectivity index (χ1n) is 11.5. The van der Waals surface area contributed by atoms with Gasteiger partial charge in [-0.1, -0.05) is 90.2 Å². The fourth-order valence-corrected chi connectivity index (χ4v) is 5.24. The maximum absolute atomic E-state index is 13.6. The molecule has 0 saturated carbocycles. The summed E-state index contributed by atoms with van der Waals surface area (Å²) < 4.78 is 1.98. The van der Waals surface area contributed by atoms with E-state index in [1.54, 1.807) is 17.2 Å². The molecule has 1 aliphatic rings. The van der Waals surface area contributed by atoms with Gasteiger partial charge >= 0.3 is 0 Å². The number of fused-ring (bicyclic) bond motifs is 1. The summed E-state index contributed by atoms with van der Waals surface area (Å²) in [6.07, 6.45) is 3.31. The van der Waals surface area contributed by atoms with Gasteiger partial charge in [-0.25, -0.2) is 4.98 Å². The lowest BCUT2D eigenvalue weighted by Crippen LogP contribution is -2.27. The Labute approximate surface area is 218 Å². The van der Waals surface area contributed by atoms with Gasteiger partial charge in [0.25, 0.3) is 11.5 Å². The number of nitrogens with one attached hydrogen (secondary N) is 1. The van der Waals surface area contributed by atoms with Crippen LogP contribution in [-0.2, 0) is 17.9 Å². The summed E-state index contributed by atoms with van der Waals surface area (Å²) in [6.45, 7) is 4.83. The molecule has 3 heterocycles. The SMILES string of the molecule is Cc1ccc(CNc2nc3c(C)cccn3c(=O)c2C=C2SC(=S)N(Cc3ccccc3)C2=O)cc1. The number of nitrogens with zero attached hydrogens (tertiary/aromatic N) is 3. The van der Waals surface area contributed by atoms with Gasteiger partial charge in [-0.15, -0.1) is 0 Å². The van der Waals surface area contributed by atoms with Crippen molar-refractivity contribution in [2.24, 2.45) is 0 Å². The van der Waals surface area contributed by atoms with Gasteiger partial charge in [-0.3, -0.25) is 18.9 Å². The van der Waals surface area contributed by atoms with E-state index in [9.17, 15) is 9.59 Å². The van der Waals surface area contributed by atoms with Crippen LogP contribution in [0.4, 0.5) is 5.82 Å². The molecular formula is C28H24N4O2S2. The predicted molar refractivity (Wildman–Crippen MR) is 150 cm³/mol. The minimum absolute atomic E-state index is 0.216. The second kappa shape index (κ2) is 10.1. The summed E-state index contributed by atoms with van der Waals surface area (Å²) in [7, 11) is 0. The Hall–Kier alpha value is -3.75. The number of thioether (sulfide) groups is 1. The van der Waals surface area contributed by atoms with Crippen LogP contribution >= 0.6 is 24.0 Å². The van der Waals surface area contributed by atoms with Crippen molar-refractivity contribution < 1.29 is 4.79 Å². The zero-order chi connectivity index (χ0) is 25.2. The highest BCUT2D eigenvalue weighted by atomic mass is 32.2. The number of aryl methyl sites for hydroxylation is 2. The number of aromatic nitrogens is 2. The number of rotatable bonds is 6. The summed E-state index contributed by atoms with van der Waals surface area (Å²) in [4.78, 5) is 33.6. The minimum atomic E-state index is -0.247. The molecule has 4 aromatic rings. The van der Waals surface area contributed by atoms with Crippen LogP contribution in [0.5, 0.6) is 0 Å². The first-order valence-corrected chi connectivity index (χ1v) is 12.7. The molecule has 36 heavy (non-hydrogen) atoms. The Morgan fingerprint density at radius 2 is 1.72 bits per heavy atom. The van der Waals surface area contributed by atoms with E-state index < -0.39 is 0 Å². The van der Waals surface area contributed by atoms with E-state index in [1.165, 1.54) is 21.7 Å². The van der Waals surface area contributed by atoms with Crippen molar-refractivity contribution in [3.8, 4) is 0 Å². The average molecular weight is 513 g/mol. The van der Waals surface area contributed by atoms with E-state index in [1.807, 2.05) is 80.6 Å². The fraction of sp³-hybridized carbons (Fsp3) is 0.143. The number of hydrogen-bond acceptors (Lipinski definition) is 6. The van der Waals surface area contributed by atoms with E-state index in [4.69, 9.17) is 17.2 Å². The molecule has 2 aromatic heterocycles. The quantitative estimate of drug-likeness (QED) is 0.278. The fourth-order valence-electron chi connectivity index (χ4n) is 4.00. The van der Waals surface area contributed by atoms with Crippen LogP contribution in [0, 0.1) is 13.8 Å². The normalized spacial score (nSPS) is 14.7. The van der Waals surface area contributed by atoms with Crippen molar-refractivity contribution >= 4 is 51.7 Å². The Bertz CT molecular complexity index is 1560. The smallest absolute Gasteiger partial charge is 0.267 e. The summed E-state index contributed by atoms with van der Waals surface area (Å²) in [5.74, 6) is 0.218. The van der Waals surface area contributed by atoms with Crippen molar-refractivity contribution in [2.75, 3.05) is 5.32 Å². The van der Waals surface area contributed by atoms with Gasteiger partial charge in [-0.05, 0) is 42.7 Å². The third-order valence-corrected chi connectivity index (χ3v) is 7.38. The second-order valence-corrected chi connectivity index (χ2v) is 10.3. The number of carbonyl (C=O) groups is 1. The molecule has 1 saturated heterocycles. The highest BCUT2D eigenvalue weighted by Gasteiger charge is 2.32. The molecule has 1 N–H and O–H groups in total. The largest absolute Gasteiger partial charge is 0.365 e. The van der Waals surface area contributed by atoms with Crippen molar-refractivity contribution in [1.29, 1.82) is 0 Å². The molecule has 0 spiro atoms. The molecule has 0 bridgehead atoms. The standard InChI is InChI=1S/C28H24N4O2S2/c1-18-10-12-20(13-11-18)16-29-24-22(26(33)31-14-6-7-19(2)25(31)30-24)15-23-27(34)32(28(35)36-23)17-21-8-4-3-5-9-21/h3-15,29H,16-17H2,1-2H3. The summed E-state index contributed by atoms with van der Waals surface area (Å²) in [5, 5.41) is 3.32. The van der Waals surface area contributed by atoms with Gasteiger partial charge in [-0.2, -0.15) is 0 Å². The molecule has 6 nitrogen and oxygen atoms in total. The van der Waals surface area contributed by atoms with E-state index in [-0.39, 0.29) is 11.5 Å². The maximum Gasteiger partial charge on any atom is 0.267 e. The van der Waals surface area contributed by atoms with Crippen LogP contribution in [0.1, 0.15) is 27.8 Å². The van der Waals surface area contributed by atoms with E-state index in [0.29, 0.717) is 39.3 Å². The Kier molecular flexibility index (Phi) is 6.71. The van der Waals surface area contributed by atoms with E-state index >= 15 is 0 Å². The number of carbonyl (C=O) groups excluding carboxylic acids is 1. The molecule has 1 aliphatic heterocycles. The summed E-state index contributed by atoms with van der Waals surface area (Å²) >= 11 is 6.71. The maximum atomic E-state index is 13.6. The molecule has 2 aromatic carbocycles. The zero-order valence-corrected chi connectivity index (χ0v) is 21.5. The summed E-state index contributed by atoms with van der Waals surface area (Å²) in [6, 6.07) is 21.6. The predicted octanol–water partition coefficient (Wildman–Crippen LogP) is 5.32. The van der Waals surface area contributed by atoms with Gasteiger partial charge < -0.3 is 5.32 Å². The number of benzene rings is 2. The molecule has 0 aliphatic carbocycles. The lowest BCUT2D eigenvalue weighted by Gasteiger charge is -2.14. The second-order valence-electron chi connectivity index (χ2n) is 8.66. The first kappa shape index (κ1) is 24.0. The van der Waals surface area contributed by atoms with Crippen molar-refractivity contribution in [2.45, 2.75) is 26.9 Å². The topological polar surface area (TPSA) is 66.7 Å². The first-order chi connectivity index (χ1) is 17.4. The molecule has 5 rings (SSSR count). The van der Waals surface area contributed by atoms with Crippen molar-refractivity contribution in [3.63, 3.8) is 0 Å². The average Bonchev–Trinajstić information content (AvgIpc) is 3.14. The molecule has 180 valence electrons. The van der Waals surface area contributed by atoms with Crippen molar-refractivity contribution in [1.82, 2.24) is 14.3 Å². The molecule has 8 heteroatoms. The molecule has 1 fully saturated rings. The Morgan fingerprint density at radius 1 is 0.972 bits per heavy atom. The number of thiocarbonyl (C=S) groups is 1. The van der Waals surface area contributed by atoms with Crippen LogP contribution < -0.4 is 10.9 Å². The van der Waals surface area contributed by atoms with Gasteiger partial charge in [0.15, 0.2) is 0 Å². The van der Waals surface area contributed by atoms with E-state index in [0.717, 1.165) is 16.7 Å². The monoisotopic (exact) mass is 512 g/mol. The van der Waals surface area contributed by atoms with Gasteiger partial charge in [0.2, 0.25) is 0 Å².